The zero-order valence-electron chi connectivity index (χ0n) is 15.5. The summed E-state index contributed by atoms with van der Waals surface area (Å²) in [6, 6.07) is 14.0. The molecule has 0 saturated carbocycles. The van der Waals surface area contributed by atoms with Crippen LogP contribution in [0.15, 0.2) is 58.7 Å². The molecule has 1 unspecified atom stereocenters. The number of hydrogen-bond donors (Lipinski definition) is 2. The van der Waals surface area contributed by atoms with Crippen molar-refractivity contribution < 1.29 is 14.0 Å². The number of carbonyl (C=O) groups excluding carboxylic acids is 2. The monoisotopic (exact) mass is 410 g/mol. The van der Waals surface area contributed by atoms with Gasteiger partial charge in [-0.1, -0.05) is 48.2 Å². The van der Waals surface area contributed by atoms with Crippen molar-refractivity contribution in [2.24, 2.45) is 10.2 Å². The van der Waals surface area contributed by atoms with Crippen molar-refractivity contribution in [3.05, 3.63) is 65.5 Å². The molecule has 2 aromatic rings. The molecule has 2 amide bonds. The lowest BCUT2D eigenvalue weighted by atomic mass is 9.90. The molecule has 6 nitrogen and oxygen atoms in total. The molecule has 1 fully saturated rings. The van der Waals surface area contributed by atoms with E-state index in [1.807, 2.05) is 18.2 Å². The van der Waals surface area contributed by atoms with Crippen LogP contribution in [0.1, 0.15) is 30.4 Å². The van der Waals surface area contributed by atoms with E-state index in [0.29, 0.717) is 5.17 Å². The predicted octanol–water partition coefficient (Wildman–Crippen LogP) is 3.48. The zero-order valence-corrected chi connectivity index (χ0v) is 16.3. The van der Waals surface area contributed by atoms with Crippen LogP contribution in [0.4, 0.5) is 10.1 Å². The summed E-state index contributed by atoms with van der Waals surface area (Å²) in [5.41, 5.74) is 3.34. The number of amides is 2. The molecule has 0 aromatic heterocycles. The van der Waals surface area contributed by atoms with Gasteiger partial charge in [-0.2, -0.15) is 5.10 Å². The van der Waals surface area contributed by atoms with Gasteiger partial charge in [-0.25, -0.2) is 4.39 Å². The number of rotatable bonds is 4. The molecule has 0 radical (unpaired) electrons. The molecular weight excluding hydrogens is 391 g/mol. The van der Waals surface area contributed by atoms with Crippen LogP contribution in [-0.4, -0.2) is 27.9 Å². The Morgan fingerprint density at radius 3 is 2.79 bits per heavy atom. The lowest BCUT2D eigenvalue weighted by molar-refractivity contribution is -0.122. The van der Waals surface area contributed by atoms with Crippen LogP contribution in [0.3, 0.4) is 0 Å². The zero-order chi connectivity index (χ0) is 20.2. The summed E-state index contributed by atoms with van der Waals surface area (Å²) in [6.45, 7) is 0. The van der Waals surface area contributed by atoms with Gasteiger partial charge in [-0.15, -0.1) is 5.10 Å². The van der Waals surface area contributed by atoms with Crippen LogP contribution in [0.25, 0.3) is 0 Å². The highest BCUT2D eigenvalue weighted by Gasteiger charge is 2.32. The minimum Gasteiger partial charge on any atom is -0.324 e. The number of anilines is 1. The number of nitrogens with one attached hydrogen (secondary N) is 2. The van der Waals surface area contributed by atoms with E-state index >= 15 is 0 Å². The third kappa shape index (κ3) is 4.54. The topological polar surface area (TPSA) is 82.9 Å². The Balaban J connectivity index is 1.41. The van der Waals surface area contributed by atoms with E-state index in [1.165, 1.54) is 17.7 Å². The molecule has 0 spiro atoms. The first-order valence-electron chi connectivity index (χ1n) is 9.35. The Morgan fingerprint density at radius 2 is 1.93 bits per heavy atom. The first-order chi connectivity index (χ1) is 14.1. The number of amidine groups is 1. The molecule has 2 aromatic carbocycles. The summed E-state index contributed by atoms with van der Waals surface area (Å²) in [7, 11) is 0. The van der Waals surface area contributed by atoms with Crippen LogP contribution in [-0.2, 0) is 16.0 Å². The highest BCUT2D eigenvalue weighted by molar-refractivity contribution is 8.15. The van der Waals surface area contributed by atoms with Crippen molar-refractivity contribution in [1.29, 1.82) is 0 Å². The molecule has 2 aliphatic rings. The van der Waals surface area contributed by atoms with Gasteiger partial charge in [-0.05, 0) is 37.0 Å². The first-order valence-corrected chi connectivity index (χ1v) is 10.2. The molecule has 29 heavy (non-hydrogen) atoms. The summed E-state index contributed by atoms with van der Waals surface area (Å²) in [4.78, 5) is 24.4. The second-order valence-corrected chi connectivity index (χ2v) is 7.98. The van der Waals surface area contributed by atoms with E-state index in [9.17, 15) is 14.0 Å². The van der Waals surface area contributed by atoms with Crippen LogP contribution >= 0.6 is 11.8 Å². The Bertz CT molecular complexity index is 1020. The second kappa shape index (κ2) is 8.57. The summed E-state index contributed by atoms with van der Waals surface area (Å²) in [5, 5.41) is 13.4. The molecule has 148 valence electrons. The molecule has 1 heterocycles. The Kier molecular flexibility index (Phi) is 5.71. The second-order valence-electron chi connectivity index (χ2n) is 6.79. The number of thioether (sulfide) groups is 1. The number of aryl methyl sites for hydroxylation is 1. The van der Waals surface area contributed by atoms with Crippen LogP contribution in [0.5, 0.6) is 0 Å². The van der Waals surface area contributed by atoms with Gasteiger partial charge in [0.25, 0.3) is 0 Å². The van der Waals surface area contributed by atoms with Gasteiger partial charge in [0, 0.05) is 12.0 Å². The fourth-order valence-corrected chi connectivity index (χ4v) is 4.25. The number of hydrogen-bond acceptors (Lipinski definition) is 5. The Hall–Kier alpha value is -3.00. The summed E-state index contributed by atoms with van der Waals surface area (Å²) < 4.78 is 13.7. The fourth-order valence-electron chi connectivity index (χ4n) is 3.33. The molecular formula is C21H19FN4O2S. The summed E-state index contributed by atoms with van der Waals surface area (Å²) in [6.07, 6.45) is 2.79. The van der Waals surface area contributed by atoms with Crippen molar-refractivity contribution in [2.45, 2.75) is 30.9 Å². The maximum absolute atomic E-state index is 13.7. The normalized spacial score (nSPS) is 21.1. The Labute approximate surface area is 171 Å². The SMILES string of the molecule is O=C(CC1S/C(=N\N=C2\CCCc3ccccc32)NC1=O)Nc1ccccc1F. The molecule has 0 bridgehead atoms. The number of carbonyl (C=O) groups is 2. The lowest BCUT2D eigenvalue weighted by Crippen LogP contribution is -2.28. The highest BCUT2D eigenvalue weighted by Crippen LogP contribution is 2.25. The third-order valence-corrected chi connectivity index (χ3v) is 5.82. The maximum Gasteiger partial charge on any atom is 0.240 e. The number of para-hydroxylation sites is 1. The van der Waals surface area contributed by atoms with Crippen molar-refractivity contribution in [2.75, 3.05) is 5.32 Å². The minimum atomic E-state index is -0.626. The van der Waals surface area contributed by atoms with Crippen LogP contribution in [0, 0.1) is 5.82 Å². The molecule has 1 saturated heterocycles. The van der Waals surface area contributed by atoms with E-state index in [2.05, 4.69) is 26.9 Å². The van der Waals surface area contributed by atoms with Gasteiger partial charge >= 0.3 is 0 Å². The van der Waals surface area contributed by atoms with E-state index in [4.69, 9.17) is 0 Å². The molecule has 8 heteroatoms. The molecule has 4 rings (SSSR count). The van der Waals surface area contributed by atoms with E-state index < -0.39 is 17.0 Å². The van der Waals surface area contributed by atoms with Crippen molar-refractivity contribution in [3.63, 3.8) is 0 Å². The van der Waals surface area contributed by atoms with E-state index in [1.54, 1.807) is 12.1 Å². The van der Waals surface area contributed by atoms with Crippen LogP contribution in [0.2, 0.25) is 0 Å². The number of halogens is 1. The predicted molar refractivity (Wildman–Crippen MR) is 113 cm³/mol. The maximum atomic E-state index is 13.7. The van der Waals surface area contributed by atoms with E-state index in [-0.39, 0.29) is 18.0 Å². The molecule has 1 atom stereocenters. The standard InChI is InChI=1S/C21H19FN4O2S/c22-15-9-3-4-10-17(15)23-19(27)12-18-20(28)24-21(29-18)26-25-16-11-5-7-13-6-1-2-8-14(13)16/h1-4,6,8-10,18H,5,7,11-12H2,(H,23,27)(H,24,26,28)/b25-16-. The number of nitrogens with zero attached hydrogens (tertiary/aromatic N) is 2. The quantitative estimate of drug-likeness (QED) is 0.757. The third-order valence-electron chi connectivity index (χ3n) is 4.74. The average Bonchev–Trinajstić information content (AvgIpc) is 3.07. The number of benzene rings is 2. The van der Waals surface area contributed by atoms with Crippen molar-refractivity contribution >= 4 is 40.1 Å². The van der Waals surface area contributed by atoms with Crippen LogP contribution < -0.4 is 10.6 Å². The van der Waals surface area contributed by atoms with Crippen molar-refractivity contribution in [3.8, 4) is 0 Å². The number of fused-ring (bicyclic) bond motifs is 1. The summed E-state index contributed by atoms with van der Waals surface area (Å²) in [5.74, 6) is -1.26. The van der Waals surface area contributed by atoms with Gasteiger partial charge in [0.2, 0.25) is 11.8 Å². The van der Waals surface area contributed by atoms with E-state index in [0.717, 1.165) is 42.3 Å². The van der Waals surface area contributed by atoms with Gasteiger partial charge in [0.1, 0.15) is 11.1 Å². The average molecular weight is 410 g/mol. The largest absolute Gasteiger partial charge is 0.324 e. The summed E-state index contributed by atoms with van der Waals surface area (Å²) >= 11 is 1.16. The first kappa shape index (κ1) is 19.3. The smallest absolute Gasteiger partial charge is 0.240 e. The molecule has 1 aliphatic heterocycles. The lowest BCUT2D eigenvalue weighted by Gasteiger charge is -2.16. The van der Waals surface area contributed by atoms with Gasteiger partial charge in [-0.3, -0.25) is 9.59 Å². The molecule has 1 aliphatic carbocycles. The highest BCUT2D eigenvalue weighted by atomic mass is 32.2. The van der Waals surface area contributed by atoms with Gasteiger partial charge in [0.15, 0.2) is 5.17 Å². The Morgan fingerprint density at radius 1 is 1.14 bits per heavy atom. The molecule has 2 N–H and O–H groups in total. The van der Waals surface area contributed by atoms with Gasteiger partial charge in [0.05, 0.1) is 11.4 Å². The van der Waals surface area contributed by atoms with Crippen molar-refractivity contribution in [1.82, 2.24) is 5.32 Å². The van der Waals surface area contributed by atoms with Gasteiger partial charge < -0.3 is 10.6 Å². The fraction of sp³-hybridized carbons (Fsp3) is 0.238. The minimum absolute atomic E-state index is 0.0801.